The molecule has 1 saturated heterocycles. The van der Waals surface area contributed by atoms with Crippen molar-refractivity contribution in [1.29, 1.82) is 0 Å². The minimum Gasteiger partial charge on any atom is -0.497 e. The first-order valence-corrected chi connectivity index (χ1v) is 11.6. The van der Waals surface area contributed by atoms with Crippen molar-refractivity contribution in [2.75, 3.05) is 19.0 Å². The normalized spacial score (nSPS) is 16.0. The van der Waals surface area contributed by atoms with Crippen molar-refractivity contribution in [3.63, 3.8) is 0 Å². The third-order valence-corrected chi connectivity index (χ3v) is 6.19. The van der Waals surface area contributed by atoms with E-state index in [0.717, 1.165) is 41.0 Å². The van der Waals surface area contributed by atoms with E-state index in [1.54, 1.807) is 7.11 Å². The Balaban J connectivity index is 1.56. The summed E-state index contributed by atoms with van der Waals surface area (Å²) >= 11 is 0. The van der Waals surface area contributed by atoms with E-state index in [0.29, 0.717) is 30.1 Å². The Morgan fingerprint density at radius 2 is 1.76 bits per heavy atom. The number of aromatic nitrogens is 2. The van der Waals surface area contributed by atoms with E-state index in [1.807, 2.05) is 29.2 Å². The Morgan fingerprint density at radius 1 is 1.09 bits per heavy atom. The molecule has 4 rings (SSSR count). The maximum absolute atomic E-state index is 13.4. The molecule has 1 aliphatic rings. The summed E-state index contributed by atoms with van der Waals surface area (Å²) in [6.07, 6.45) is 1.68. The molecule has 7 nitrogen and oxygen atoms in total. The van der Waals surface area contributed by atoms with Crippen LogP contribution in [0.1, 0.15) is 75.4 Å². The Labute approximate surface area is 195 Å². The van der Waals surface area contributed by atoms with Gasteiger partial charge in [-0.15, -0.1) is 0 Å². The third kappa shape index (κ3) is 4.72. The van der Waals surface area contributed by atoms with Crippen molar-refractivity contribution in [1.82, 2.24) is 15.0 Å². The molecule has 2 amide bonds. The molecule has 0 spiro atoms. The summed E-state index contributed by atoms with van der Waals surface area (Å²) in [4.78, 5) is 19.8. The third-order valence-electron chi connectivity index (χ3n) is 6.19. The molecule has 2 heterocycles. The number of hydrogen-bond acceptors (Lipinski definition) is 5. The van der Waals surface area contributed by atoms with E-state index >= 15 is 0 Å². The summed E-state index contributed by atoms with van der Waals surface area (Å²) in [5, 5.41) is 7.37. The van der Waals surface area contributed by atoms with Gasteiger partial charge < -0.3 is 19.5 Å². The lowest BCUT2D eigenvalue weighted by Crippen LogP contribution is -2.35. The van der Waals surface area contributed by atoms with Crippen molar-refractivity contribution in [3.8, 4) is 17.1 Å². The summed E-state index contributed by atoms with van der Waals surface area (Å²) in [6, 6.07) is 13.4. The van der Waals surface area contributed by atoms with Crippen LogP contribution in [0.2, 0.25) is 0 Å². The number of anilines is 1. The number of carbonyl (C=O) groups excluding carboxylic acids is 1. The highest BCUT2D eigenvalue weighted by Crippen LogP contribution is 2.36. The summed E-state index contributed by atoms with van der Waals surface area (Å²) in [5.41, 5.74) is 4.05. The zero-order valence-corrected chi connectivity index (χ0v) is 20.0. The molecule has 1 aromatic heterocycles. The fraction of sp³-hybridized carbons (Fsp3) is 0.423. The molecule has 3 aromatic rings. The molecule has 1 aliphatic heterocycles. The van der Waals surface area contributed by atoms with Crippen LogP contribution in [0.4, 0.5) is 10.5 Å². The fourth-order valence-corrected chi connectivity index (χ4v) is 4.37. The molecule has 0 aliphatic carbocycles. The molecule has 1 fully saturated rings. The second-order valence-electron chi connectivity index (χ2n) is 9.09. The maximum Gasteiger partial charge on any atom is 0.322 e. The van der Waals surface area contributed by atoms with E-state index in [2.05, 4.69) is 61.4 Å². The Hall–Kier alpha value is -3.35. The lowest BCUT2D eigenvalue weighted by molar-refractivity contribution is 0.193. The number of urea groups is 1. The van der Waals surface area contributed by atoms with Gasteiger partial charge in [0.2, 0.25) is 11.7 Å². The van der Waals surface area contributed by atoms with Crippen LogP contribution in [0.3, 0.4) is 0 Å². The van der Waals surface area contributed by atoms with Gasteiger partial charge >= 0.3 is 6.03 Å². The van der Waals surface area contributed by atoms with Gasteiger partial charge in [0, 0.05) is 17.8 Å². The largest absolute Gasteiger partial charge is 0.497 e. The molecule has 2 aromatic carbocycles. The molecular weight excluding hydrogens is 416 g/mol. The molecule has 0 saturated carbocycles. The zero-order chi connectivity index (χ0) is 23.5. The number of ether oxygens (including phenoxy) is 1. The molecule has 174 valence electrons. The van der Waals surface area contributed by atoms with Crippen LogP contribution in [-0.4, -0.2) is 34.7 Å². The van der Waals surface area contributed by atoms with Gasteiger partial charge in [0.05, 0.1) is 7.11 Å². The molecule has 1 unspecified atom stereocenters. The predicted molar refractivity (Wildman–Crippen MR) is 129 cm³/mol. The van der Waals surface area contributed by atoms with Crippen LogP contribution >= 0.6 is 0 Å². The Morgan fingerprint density at radius 3 is 2.36 bits per heavy atom. The van der Waals surface area contributed by atoms with Crippen molar-refractivity contribution in [2.45, 2.75) is 58.4 Å². The summed E-state index contributed by atoms with van der Waals surface area (Å²) < 4.78 is 10.8. The number of nitrogens with zero attached hydrogens (tertiary/aromatic N) is 3. The van der Waals surface area contributed by atoms with Gasteiger partial charge in [0.1, 0.15) is 11.8 Å². The molecular formula is C26H32N4O3. The van der Waals surface area contributed by atoms with Gasteiger partial charge in [0.15, 0.2) is 0 Å². The van der Waals surface area contributed by atoms with E-state index in [4.69, 9.17) is 9.26 Å². The van der Waals surface area contributed by atoms with Crippen LogP contribution in [0, 0.1) is 0 Å². The molecule has 0 bridgehead atoms. The topological polar surface area (TPSA) is 80.5 Å². The molecule has 7 heteroatoms. The van der Waals surface area contributed by atoms with Crippen molar-refractivity contribution < 1.29 is 14.1 Å². The molecule has 33 heavy (non-hydrogen) atoms. The lowest BCUT2D eigenvalue weighted by atomic mass is 9.93. The maximum atomic E-state index is 13.4. The van der Waals surface area contributed by atoms with Crippen LogP contribution in [0.5, 0.6) is 5.75 Å². The summed E-state index contributed by atoms with van der Waals surface area (Å²) in [7, 11) is 1.63. The van der Waals surface area contributed by atoms with E-state index < -0.39 is 0 Å². The molecule has 0 radical (unpaired) electrons. The van der Waals surface area contributed by atoms with E-state index in [9.17, 15) is 4.79 Å². The van der Waals surface area contributed by atoms with Crippen molar-refractivity contribution >= 4 is 11.7 Å². The second kappa shape index (κ2) is 9.65. The lowest BCUT2D eigenvalue weighted by Gasteiger charge is -2.25. The quantitative estimate of drug-likeness (QED) is 0.474. The SMILES string of the molecule is COc1ccc(-c2noc(C3CCCN3C(=O)Nc3c(C(C)C)cccc3C(C)C)n2)cc1. The average molecular weight is 449 g/mol. The van der Waals surface area contributed by atoms with E-state index in [1.165, 1.54) is 0 Å². The number of hydrogen-bond donors (Lipinski definition) is 1. The molecule has 1 atom stereocenters. The van der Waals surface area contributed by atoms with Crippen LogP contribution in [0.25, 0.3) is 11.4 Å². The summed E-state index contributed by atoms with van der Waals surface area (Å²) in [5.74, 6) is 2.35. The first-order valence-electron chi connectivity index (χ1n) is 11.6. The fourth-order valence-electron chi connectivity index (χ4n) is 4.37. The van der Waals surface area contributed by atoms with Crippen LogP contribution in [-0.2, 0) is 0 Å². The monoisotopic (exact) mass is 448 g/mol. The predicted octanol–water partition coefficient (Wildman–Crippen LogP) is 6.36. The minimum absolute atomic E-state index is 0.128. The van der Waals surface area contributed by atoms with Gasteiger partial charge in [-0.2, -0.15) is 4.98 Å². The highest BCUT2D eigenvalue weighted by atomic mass is 16.5. The van der Waals surface area contributed by atoms with Crippen molar-refractivity contribution in [3.05, 3.63) is 59.5 Å². The van der Waals surface area contributed by atoms with Gasteiger partial charge in [-0.3, -0.25) is 0 Å². The first-order chi connectivity index (χ1) is 15.9. The number of rotatable bonds is 6. The molecule has 1 N–H and O–H groups in total. The number of amides is 2. The summed E-state index contributed by atoms with van der Waals surface area (Å²) in [6.45, 7) is 9.23. The number of likely N-dealkylation sites (tertiary alicyclic amines) is 1. The van der Waals surface area contributed by atoms with Gasteiger partial charge in [-0.1, -0.05) is 51.1 Å². The van der Waals surface area contributed by atoms with Gasteiger partial charge in [-0.25, -0.2) is 4.79 Å². The van der Waals surface area contributed by atoms with Gasteiger partial charge in [-0.05, 0) is 60.1 Å². The second-order valence-corrected chi connectivity index (χ2v) is 9.09. The van der Waals surface area contributed by atoms with E-state index in [-0.39, 0.29) is 12.1 Å². The van der Waals surface area contributed by atoms with Crippen LogP contribution in [0.15, 0.2) is 47.0 Å². The number of carbonyl (C=O) groups is 1. The van der Waals surface area contributed by atoms with Crippen molar-refractivity contribution in [2.24, 2.45) is 0 Å². The van der Waals surface area contributed by atoms with Gasteiger partial charge in [0.25, 0.3) is 0 Å². The number of benzene rings is 2. The Bertz CT molecular complexity index is 1080. The Kier molecular flexibility index (Phi) is 6.67. The average Bonchev–Trinajstić information content (AvgIpc) is 3.48. The standard InChI is InChI=1S/C26H32N4O3/c1-16(2)20-8-6-9-21(17(3)4)23(20)27-26(31)30-15-7-10-22(30)25-28-24(29-33-25)18-11-13-19(32-5)14-12-18/h6,8-9,11-14,16-17,22H,7,10,15H2,1-5H3,(H,27,31). The number of para-hydroxylation sites is 1. The number of methoxy groups -OCH3 is 1. The highest BCUT2D eigenvalue weighted by molar-refractivity contribution is 5.92. The first kappa shape index (κ1) is 22.8. The zero-order valence-electron chi connectivity index (χ0n) is 20.0. The smallest absolute Gasteiger partial charge is 0.322 e. The van der Waals surface area contributed by atoms with Crippen LogP contribution < -0.4 is 10.1 Å². The highest BCUT2D eigenvalue weighted by Gasteiger charge is 2.35. The number of nitrogens with one attached hydrogen (secondary N) is 1. The minimum atomic E-state index is -0.238.